The summed E-state index contributed by atoms with van der Waals surface area (Å²) in [4.78, 5) is 0. The molecule has 8 heavy (non-hydrogen) atoms. The third-order valence-corrected chi connectivity index (χ3v) is 1.29. The maximum absolute atomic E-state index is 8.42. The van der Waals surface area contributed by atoms with Gasteiger partial charge in [-0.2, -0.15) is 5.26 Å². The van der Waals surface area contributed by atoms with Gasteiger partial charge in [-0.05, 0) is 0 Å². The summed E-state index contributed by atoms with van der Waals surface area (Å²) in [6.45, 7) is 0.0110. The van der Waals surface area contributed by atoms with E-state index >= 15 is 0 Å². The minimum absolute atomic E-state index is 0.0110. The quantitative estimate of drug-likeness (QED) is 0.578. The van der Waals surface area contributed by atoms with E-state index in [1.54, 1.807) is 0 Å². The molecule has 0 aliphatic carbocycles. The highest BCUT2D eigenvalue weighted by Gasteiger charge is 2.02. The fraction of sp³-hybridized carbons (Fsp3) is 0.800. The van der Waals surface area contributed by atoms with E-state index < -0.39 is 0 Å². The van der Waals surface area contributed by atoms with Crippen LogP contribution >= 0.6 is 11.6 Å². The van der Waals surface area contributed by atoms with Gasteiger partial charge in [-0.25, -0.2) is 0 Å². The van der Waals surface area contributed by atoms with Crippen LogP contribution in [0.5, 0.6) is 0 Å². The first-order valence-corrected chi connectivity index (χ1v) is 2.92. The number of alkyl halides is 1. The van der Waals surface area contributed by atoms with Crippen molar-refractivity contribution in [2.24, 2.45) is 5.92 Å². The van der Waals surface area contributed by atoms with Gasteiger partial charge in [-0.3, -0.25) is 0 Å². The number of nitrogens with zero attached hydrogens (tertiary/aromatic N) is 1. The van der Waals surface area contributed by atoms with Crippen LogP contribution in [0.3, 0.4) is 0 Å². The van der Waals surface area contributed by atoms with Crippen LogP contribution < -0.4 is 0 Å². The van der Waals surface area contributed by atoms with Crippen LogP contribution in [0.15, 0.2) is 0 Å². The molecule has 1 N–H and O–H groups in total. The molecule has 0 saturated heterocycles. The maximum atomic E-state index is 8.42. The Labute approximate surface area is 53.7 Å². The average molecular weight is 134 g/mol. The van der Waals surface area contributed by atoms with Crippen LogP contribution in [0.25, 0.3) is 0 Å². The summed E-state index contributed by atoms with van der Waals surface area (Å²) >= 11 is 5.34. The molecule has 0 aliphatic heterocycles. The zero-order valence-corrected chi connectivity index (χ0v) is 5.23. The SMILES string of the molecule is N#CCC(CO)CCl. The van der Waals surface area contributed by atoms with Crippen molar-refractivity contribution in [2.75, 3.05) is 12.5 Å². The lowest BCUT2D eigenvalue weighted by Gasteiger charge is -2.01. The monoisotopic (exact) mass is 133 g/mol. The van der Waals surface area contributed by atoms with E-state index in [9.17, 15) is 0 Å². The second-order valence-electron chi connectivity index (χ2n) is 1.57. The number of rotatable bonds is 3. The molecule has 0 radical (unpaired) electrons. The van der Waals surface area contributed by atoms with E-state index in [1.165, 1.54) is 0 Å². The Kier molecular flexibility index (Phi) is 4.73. The van der Waals surface area contributed by atoms with E-state index in [4.69, 9.17) is 22.0 Å². The molecule has 0 fully saturated rings. The van der Waals surface area contributed by atoms with Gasteiger partial charge in [0.2, 0.25) is 0 Å². The summed E-state index contributed by atoms with van der Waals surface area (Å²) in [6.07, 6.45) is 0.347. The van der Waals surface area contributed by atoms with Gasteiger partial charge < -0.3 is 5.11 Å². The average Bonchev–Trinajstić information content (AvgIpc) is 1.83. The summed E-state index contributed by atoms with van der Waals surface area (Å²) in [5, 5.41) is 16.5. The molecule has 1 unspecified atom stereocenters. The lowest BCUT2D eigenvalue weighted by molar-refractivity contribution is 0.241. The van der Waals surface area contributed by atoms with Gasteiger partial charge in [0, 0.05) is 24.8 Å². The van der Waals surface area contributed by atoms with Gasteiger partial charge in [-0.1, -0.05) is 0 Å². The van der Waals surface area contributed by atoms with Crippen molar-refractivity contribution in [1.29, 1.82) is 5.26 Å². The second-order valence-corrected chi connectivity index (χ2v) is 1.87. The lowest BCUT2D eigenvalue weighted by Crippen LogP contribution is -2.05. The molecule has 0 aromatic carbocycles. The fourth-order valence-electron chi connectivity index (χ4n) is 0.297. The lowest BCUT2D eigenvalue weighted by atomic mass is 10.1. The highest BCUT2D eigenvalue weighted by atomic mass is 35.5. The second kappa shape index (κ2) is 4.89. The van der Waals surface area contributed by atoms with Crippen LogP contribution in [0.4, 0.5) is 0 Å². The third-order valence-electron chi connectivity index (χ3n) is 0.856. The first-order chi connectivity index (χ1) is 3.85. The summed E-state index contributed by atoms with van der Waals surface area (Å²) in [5.41, 5.74) is 0. The van der Waals surface area contributed by atoms with Crippen LogP contribution in [0, 0.1) is 17.2 Å². The third kappa shape index (κ3) is 2.84. The minimum atomic E-state index is -0.0401. The molecule has 0 heterocycles. The highest BCUT2D eigenvalue weighted by Crippen LogP contribution is 2.01. The van der Waals surface area contributed by atoms with Crippen LogP contribution in [-0.4, -0.2) is 17.6 Å². The molecule has 0 bridgehead atoms. The number of aliphatic hydroxyl groups excluding tert-OH is 1. The molecule has 0 rings (SSSR count). The van der Waals surface area contributed by atoms with Crippen LogP contribution in [-0.2, 0) is 0 Å². The standard InChI is InChI=1S/C5H8ClNO/c6-3-5(4-8)1-2-7/h5,8H,1,3-4H2. The molecule has 0 aromatic heterocycles. The summed E-state index contributed by atoms with van der Waals surface area (Å²) in [6, 6.07) is 1.93. The van der Waals surface area contributed by atoms with Crippen molar-refractivity contribution < 1.29 is 5.11 Å². The van der Waals surface area contributed by atoms with E-state index in [0.717, 1.165) is 0 Å². The number of halogens is 1. The molecule has 46 valence electrons. The number of hydrogen-bond donors (Lipinski definition) is 1. The number of aliphatic hydroxyl groups is 1. The Bertz CT molecular complexity index is 84.9. The molecule has 3 heteroatoms. The van der Waals surface area contributed by atoms with Gasteiger partial charge in [-0.15, -0.1) is 11.6 Å². The van der Waals surface area contributed by atoms with Crippen molar-refractivity contribution in [1.82, 2.24) is 0 Å². The summed E-state index contributed by atoms with van der Waals surface area (Å²) < 4.78 is 0. The Morgan fingerprint density at radius 2 is 2.38 bits per heavy atom. The van der Waals surface area contributed by atoms with Crippen molar-refractivity contribution in [3.05, 3.63) is 0 Å². The molecule has 0 aromatic rings. The predicted molar refractivity (Wildman–Crippen MR) is 31.5 cm³/mol. The molecular weight excluding hydrogens is 126 g/mol. The minimum Gasteiger partial charge on any atom is -0.396 e. The topological polar surface area (TPSA) is 44.0 Å². The van der Waals surface area contributed by atoms with E-state index in [2.05, 4.69) is 0 Å². The van der Waals surface area contributed by atoms with Crippen molar-refractivity contribution in [3.63, 3.8) is 0 Å². The predicted octanol–water partition coefficient (Wildman–Crippen LogP) is 0.747. The van der Waals surface area contributed by atoms with Gasteiger partial charge in [0.05, 0.1) is 6.07 Å². The first kappa shape index (κ1) is 7.74. The fourth-order valence-corrected chi connectivity index (χ4v) is 0.504. The largest absolute Gasteiger partial charge is 0.396 e. The zero-order valence-electron chi connectivity index (χ0n) is 4.47. The molecule has 0 aliphatic rings. The Hall–Kier alpha value is -0.260. The molecule has 2 nitrogen and oxygen atoms in total. The molecule has 1 atom stereocenters. The van der Waals surface area contributed by atoms with E-state index in [1.807, 2.05) is 6.07 Å². The molecular formula is C5H8ClNO. The Morgan fingerprint density at radius 1 is 1.75 bits per heavy atom. The Morgan fingerprint density at radius 3 is 2.50 bits per heavy atom. The van der Waals surface area contributed by atoms with Crippen LogP contribution in [0.1, 0.15) is 6.42 Å². The van der Waals surface area contributed by atoms with Crippen molar-refractivity contribution in [3.8, 4) is 6.07 Å². The Balaban J connectivity index is 3.25. The van der Waals surface area contributed by atoms with E-state index in [0.29, 0.717) is 12.3 Å². The molecule has 0 spiro atoms. The van der Waals surface area contributed by atoms with E-state index in [-0.39, 0.29) is 12.5 Å². The van der Waals surface area contributed by atoms with Gasteiger partial charge in [0.1, 0.15) is 0 Å². The molecule has 0 amide bonds. The number of nitriles is 1. The molecule has 0 saturated carbocycles. The normalized spacial score (nSPS) is 12.6. The number of hydrogen-bond acceptors (Lipinski definition) is 2. The van der Waals surface area contributed by atoms with Crippen LogP contribution in [0.2, 0.25) is 0 Å². The summed E-state index contributed by atoms with van der Waals surface area (Å²) in [7, 11) is 0. The summed E-state index contributed by atoms with van der Waals surface area (Å²) in [5.74, 6) is 0.325. The van der Waals surface area contributed by atoms with Gasteiger partial charge in [0.25, 0.3) is 0 Å². The van der Waals surface area contributed by atoms with Crippen molar-refractivity contribution >= 4 is 11.6 Å². The smallest absolute Gasteiger partial charge is 0.0626 e. The maximum Gasteiger partial charge on any atom is 0.0626 e. The zero-order chi connectivity index (χ0) is 6.41. The first-order valence-electron chi connectivity index (χ1n) is 2.39. The van der Waals surface area contributed by atoms with Crippen molar-refractivity contribution in [2.45, 2.75) is 6.42 Å². The van der Waals surface area contributed by atoms with Gasteiger partial charge in [0.15, 0.2) is 0 Å². The highest BCUT2D eigenvalue weighted by molar-refractivity contribution is 6.18. The van der Waals surface area contributed by atoms with Gasteiger partial charge >= 0.3 is 0 Å².